The van der Waals surface area contributed by atoms with Gasteiger partial charge in [0.1, 0.15) is 0 Å². The van der Waals surface area contributed by atoms with Gasteiger partial charge < -0.3 is 9.47 Å². The highest BCUT2D eigenvalue weighted by molar-refractivity contribution is 9.10. The number of nitrogens with one attached hydrogen (secondary N) is 1. The van der Waals surface area contributed by atoms with Crippen LogP contribution >= 0.6 is 27.7 Å². The first kappa shape index (κ1) is 17.8. The number of rotatable bonds is 6. The average molecular weight is 409 g/mol. The van der Waals surface area contributed by atoms with Gasteiger partial charge in [-0.3, -0.25) is 5.32 Å². The Bertz CT molecular complexity index is 696. The van der Waals surface area contributed by atoms with Crippen molar-refractivity contribution in [1.82, 2.24) is 14.9 Å². The van der Waals surface area contributed by atoms with Gasteiger partial charge in [0.25, 0.3) is 0 Å². The van der Waals surface area contributed by atoms with Crippen LogP contribution in [-0.4, -0.2) is 28.5 Å². The van der Waals surface area contributed by atoms with Crippen molar-refractivity contribution in [1.29, 1.82) is 0 Å². The third-order valence-corrected chi connectivity index (χ3v) is 6.45. The number of anilines is 1. The van der Waals surface area contributed by atoms with E-state index >= 15 is 0 Å². The first-order chi connectivity index (χ1) is 11.6. The Morgan fingerprint density at radius 3 is 2.83 bits per heavy atom. The lowest BCUT2D eigenvalue weighted by molar-refractivity contribution is 0.587. The van der Waals surface area contributed by atoms with Crippen LogP contribution in [0.25, 0.3) is 0 Å². The number of benzene rings is 1. The smallest absolute Gasteiger partial charge is 0.171 e. The molecule has 24 heavy (non-hydrogen) atoms. The molecule has 0 atom stereocenters. The van der Waals surface area contributed by atoms with E-state index in [-0.39, 0.29) is 0 Å². The molecule has 130 valence electrons. The zero-order valence-electron chi connectivity index (χ0n) is 14.6. The molecular weight excluding hydrogens is 384 g/mol. The molecular formula is C18H25BrN4S. The van der Waals surface area contributed by atoms with Crippen LogP contribution in [-0.2, 0) is 13.1 Å². The Balaban J connectivity index is 1.98. The molecule has 2 heterocycles. The van der Waals surface area contributed by atoms with Gasteiger partial charge in [-0.2, -0.15) is 0 Å². The summed E-state index contributed by atoms with van der Waals surface area (Å²) in [5.74, 6) is 1.12. The van der Waals surface area contributed by atoms with Crippen molar-refractivity contribution in [3.63, 3.8) is 0 Å². The topological polar surface area (TPSA) is 33.1 Å². The van der Waals surface area contributed by atoms with Crippen molar-refractivity contribution >= 4 is 33.5 Å². The predicted molar refractivity (Wildman–Crippen MR) is 106 cm³/mol. The van der Waals surface area contributed by atoms with Crippen molar-refractivity contribution in [2.45, 2.75) is 50.2 Å². The van der Waals surface area contributed by atoms with Crippen LogP contribution in [0.5, 0.6) is 0 Å². The highest BCUT2D eigenvalue weighted by Gasteiger charge is 2.24. The van der Waals surface area contributed by atoms with E-state index in [0.29, 0.717) is 5.25 Å². The van der Waals surface area contributed by atoms with E-state index in [1.54, 1.807) is 0 Å². The third-order valence-electron chi connectivity index (χ3n) is 4.43. The van der Waals surface area contributed by atoms with E-state index in [9.17, 15) is 0 Å². The Kier molecular flexibility index (Phi) is 5.89. The highest BCUT2D eigenvalue weighted by atomic mass is 79.9. The van der Waals surface area contributed by atoms with Gasteiger partial charge in [-0.15, -0.1) is 0 Å². The number of hydrogen-bond acceptors (Lipinski definition) is 4. The summed E-state index contributed by atoms with van der Waals surface area (Å²) in [7, 11) is 2.10. The number of hydrogen-bond donors (Lipinski definition) is 1. The van der Waals surface area contributed by atoms with Crippen LogP contribution in [0.4, 0.5) is 5.82 Å². The summed E-state index contributed by atoms with van der Waals surface area (Å²) in [6.07, 6.45) is 2.34. The summed E-state index contributed by atoms with van der Waals surface area (Å²) in [6, 6.07) is 8.55. The molecule has 1 aliphatic heterocycles. The fraction of sp³-hybridized carbons (Fsp3) is 0.500. The highest BCUT2D eigenvalue weighted by Crippen LogP contribution is 2.33. The maximum absolute atomic E-state index is 4.99. The van der Waals surface area contributed by atoms with E-state index in [2.05, 4.69) is 75.9 Å². The van der Waals surface area contributed by atoms with Gasteiger partial charge in [-0.05, 0) is 30.5 Å². The lowest BCUT2D eigenvalue weighted by Gasteiger charge is -2.25. The summed E-state index contributed by atoms with van der Waals surface area (Å²) in [5, 5.41) is 5.23. The van der Waals surface area contributed by atoms with Crippen molar-refractivity contribution < 1.29 is 0 Å². The van der Waals surface area contributed by atoms with Crippen molar-refractivity contribution in [2.75, 3.05) is 18.6 Å². The molecule has 0 aliphatic carbocycles. The van der Waals surface area contributed by atoms with Gasteiger partial charge in [-0.1, -0.05) is 53.7 Å². The number of fused-ring (bicyclic) bond motifs is 1. The molecule has 1 aromatic carbocycles. The lowest BCUT2D eigenvalue weighted by atomic mass is 10.2. The summed E-state index contributed by atoms with van der Waals surface area (Å²) in [5.41, 5.74) is 2.58. The molecule has 0 unspecified atom stereocenters. The molecule has 6 heteroatoms. The second kappa shape index (κ2) is 7.93. The zero-order valence-corrected chi connectivity index (χ0v) is 17.0. The van der Waals surface area contributed by atoms with Crippen LogP contribution in [0.3, 0.4) is 0 Å². The quantitative estimate of drug-likeness (QED) is 0.714. The normalized spacial score (nSPS) is 14.3. The molecule has 1 N–H and O–H groups in total. The summed E-state index contributed by atoms with van der Waals surface area (Å²) < 4.78 is 3.52. The molecule has 0 radical (unpaired) electrons. The number of nitrogens with zero attached hydrogens (tertiary/aromatic N) is 3. The molecule has 2 aromatic rings. The van der Waals surface area contributed by atoms with E-state index in [1.807, 2.05) is 11.8 Å². The monoisotopic (exact) mass is 408 g/mol. The van der Waals surface area contributed by atoms with Gasteiger partial charge in [0, 0.05) is 29.9 Å². The fourth-order valence-electron chi connectivity index (χ4n) is 3.02. The van der Waals surface area contributed by atoms with Gasteiger partial charge in [0.2, 0.25) is 0 Å². The van der Waals surface area contributed by atoms with E-state index < -0.39 is 0 Å². The van der Waals surface area contributed by atoms with Crippen molar-refractivity contribution in [3.05, 3.63) is 40.0 Å². The molecule has 0 saturated heterocycles. The maximum atomic E-state index is 4.99. The van der Waals surface area contributed by atoms with Gasteiger partial charge in [0.05, 0.1) is 12.4 Å². The molecule has 0 amide bonds. The predicted octanol–water partition coefficient (Wildman–Crippen LogP) is 4.47. The zero-order chi connectivity index (χ0) is 17.1. The second-order valence-electron chi connectivity index (χ2n) is 6.22. The van der Waals surface area contributed by atoms with E-state index in [4.69, 9.17) is 4.98 Å². The number of imidazole rings is 1. The van der Waals surface area contributed by atoms with Crippen LogP contribution in [0, 0.1) is 0 Å². The van der Waals surface area contributed by atoms with Gasteiger partial charge >= 0.3 is 0 Å². The number of thioether (sulfide) groups is 1. The van der Waals surface area contributed by atoms with E-state index in [1.165, 1.54) is 24.1 Å². The molecule has 0 saturated carbocycles. The summed E-state index contributed by atoms with van der Waals surface area (Å²) in [4.78, 5) is 7.19. The molecule has 1 aliphatic rings. The molecule has 0 fully saturated rings. The van der Waals surface area contributed by atoms with Gasteiger partial charge in [0.15, 0.2) is 11.0 Å². The first-order valence-corrected chi connectivity index (χ1v) is 10.2. The van der Waals surface area contributed by atoms with Crippen LogP contribution in [0.1, 0.15) is 37.9 Å². The van der Waals surface area contributed by atoms with Crippen molar-refractivity contribution in [2.24, 2.45) is 0 Å². The van der Waals surface area contributed by atoms with E-state index in [0.717, 1.165) is 35.2 Å². The van der Waals surface area contributed by atoms with Crippen molar-refractivity contribution in [3.8, 4) is 0 Å². The van der Waals surface area contributed by atoms with Crippen LogP contribution < -0.4 is 10.2 Å². The molecule has 0 bridgehead atoms. The second-order valence-corrected chi connectivity index (χ2v) is 8.40. The summed E-state index contributed by atoms with van der Waals surface area (Å²) in [6.45, 7) is 7.12. The largest absolute Gasteiger partial charge is 0.345 e. The SMILES string of the molecule is CCC(CC)Sc1nc2c(n1Cc1cccc(Br)c1)CNCN2C. The molecule has 4 nitrogen and oxygen atoms in total. The minimum atomic E-state index is 0.619. The number of aromatic nitrogens is 2. The Hall–Kier alpha value is -0.980. The average Bonchev–Trinajstić information content (AvgIpc) is 2.92. The summed E-state index contributed by atoms with van der Waals surface area (Å²) >= 11 is 5.50. The first-order valence-electron chi connectivity index (χ1n) is 8.54. The minimum Gasteiger partial charge on any atom is -0.345 e. The van der Waals surface area contributed by atoms with Crippen LogP contribution in [0.15, 0.2) is 33.9 Å². The molecule has 3 rings (SSSR count). The maximum Gasteiger partial charge on any atom is 0.171 e. The Morgan fingerprint density at radius 2 is 2.12 bits per heavy atom. The third kappa shape index (κ3) is 3.81. The minimum absolute atomic E-state index is 0.619. The van der Waals surface area contributed by atoms with Gasteiger partial charge in [-0.25, -0.2) is 4.98 Å². The van der Waals surface area contributed by atoms with Crippen LogP contribution in [0.2, 0.25) is 0 Å². The lowest BCUT2D eigenvalue weighted by Crippen LogP contribution is -2.36. The fourth-order valence-corrected chi connectivity index (χ4v) is 4.54. The molecule has 1 aromatic heterocycles. The standard InChI is InChI=1S/C18H25BrN4S/c1-4-15(5-2)24-18-21-17-16(10-20-12-22(17)3)23(18)11-13-7-6-8-14(19)9-13/h6-9,15,20H,4-5,10-12H2,1-3H3. The molecule has 0 spiro atoms. The number of halogens is 1. The Morgan fingerprint density at radius 1 is 1.33 bits per heavy atom. The Labute approximate surface area is 157 Å².